The van der Waals surface area contributed by atoms with E-state index in [1.807, 2.05) is 0 Å². The first-order chi connectivity index (χ1) is 27.7. The molecule has 0 bridgehead atoms. The van der Waals surface area contributed by atoms with Gasteiger partial charge in [0, 0.05) is 68.5 Å². The summed E-state index contributed by atoms with van der Waals surface area (Å²) in [5.74, 6) is 1.76. The minimum Gasteiger partial charge on any atom is -0.484 e. The van der Waals surface area contributed by atoms with E-state index in [-0.39, 0.29) is 36.0 Å². The van der Waals surface area contributed by atoms with Gasteiger partial charge in [0.1, 0.15) is 38.4 Å². The molecule has 1 amide bonds. The maximum absolute atomic E-state index is 13.3. The number of rotatable bonds is 7. The number of halogens is 3. The third kappa shape index (κ3) is 8.78. The van der Waals surface area contributed by atoms with Gasteiger partial charge in [-0.1, -0.05) is 34.3 Å². The molecule has 9 rings (SSSR count). The van der Waals surface area contributed by atoms with Crippen LogP contribution in [-0.4, -0.2) is 99.7 Å². The topological polar surface area (TPSA) is 177 Å². The maximum atomic E-state index is 13.3. The molecule has 0 unspecified atom stereocenters. The van der Waals surface area contributed by atoms with E-state index in [1.165, 1.54) is 46.9 Å². The summed E-state index contributed by atoms with van der Waals surface area (Å²) in [4.78, 5) is 46.9. The number of hydrogen-bond acceptors (Lipinski definition) is 15. The van der Waals surface area contributed by atoms with Crippen molar-refractivity contribution in [1.29, 1.82) is 0 Å². The number of hydrogen-bond donors (Lipinski definition) is 3. The van der Waals surface area contributed by atoms with E-state index >= 15 is 0 Å². The van der Waals surface area contributed by atoms with Gasteiger partial charge in [-0.05, 0) is 72.8 Å². The van der Waals surface area contributed by atoms with Gasteiger partial charge in [-0.2, -0.15) is 9.97 Å². The molecule has 4 aromatic heterocycles. The number of aromatic nitrogens is 6. The predicted octanol–water partition coefficient (Wildman–Crippen LogP) is 5.74. The fourth-order valence-corrected chi connectivity index (χ4v) is 8.35. The lowest BCUT2D eigenvalue weighted by molar-refractivity contribution is -0.133. The van der Waals surface area contributed by atoms with Gasteiger partial charge < -0.3 is 36.2 Å². The van der Waals surface area contributed by atoms with Crippen molar-refractivity contribution in [1.82, 2.24) is 40.1 Å². The highest BCUT2D eigenvalue weighted by Crippen LogP contribution is 2.35. The number of ether oxygens (including phenoxy) is 1. The zero-order chi connectivity index (χ0) is 39.5. The van der Waals surface area contributed by atoms with Gasteiger partial charge in [0.15, 0.2) is 27.9 Å². The van der Waals surface area contributed by atoms with E-state index in [0.29, 0.717) is 58.1 Å². The highest BCUT2D eigenvalue weighted by atomic mass is 35.5. The zero-order valence-corrected chi connectivity index (χ0v) is 32.6. The van der Waals surface area contributed by atoms with Crippen LogP contribution in [0.5, 0.6) is 5.75 Å². The molecule has 0 atom stereocenters. The van der Waals surface area contributed by atoms with Gasteiger partial charge in [-0.3, -0.25) is 4.79 Å². The van der Waals surface area contributed by atoms with Gasteiger partial charge in [-0.25, -0.2) is 28.7 Å². The highest BCUT2D eigenvalue weighted by molar-refractivity contribution is 7.21. The molecule has 292 valence electrons. The molecule has 2 saturated heterocycles. The number of nitrogen functional groups attached to an aromatic ring is 2. The molecular formula is C38H35ClF2N12O2S2. The monoisotopic (exact) mass is 828 g/mol. The number of amides is 1. The van der Waals surface area contributed by atoms with E-state index in [1.54, 1.807) is 53.4 Å². The molecule has 2 aliphatic heterocycles. The average Bonchev–Trinajstić information content (AvgIpc) is 3.86. The van der Waals surface area contributed by atoms with Crippen LogP contribution >= 0.6 is 34.3 Å². The van der Waals surface area contributed by atoms with Crippen LogP contribution in [0.25, 0.3) is 41.8 Å². The Bertz CT molecular complexity index is 2510. The second-order valence-corrected chi connectivity index (χ2v) is 15.4. The molecule has 14 nitrogen and oxygen atoms in total. The summed E-state index contributed by atoms with van der Waals surface area (Å²) in [6.45, 7) is 5.65. The third-order valence-corrected chi connectivity index (χ3v) is 11.5. The number of nitrogens with zero attached hydrogens (tertiary/aromatic N) is 9. The summed E-state index contributed by atoms with van der Waals surface area (Å²) in [6, 6.07) is 19.3. The molecule has 19 heteroatoms. The molecule has 5 N–H and O–H groups in total. The normalized spacial score (nSPS) is 14.5. The van der Waals surface area contributed by atoms with Crippen LogP contribution in [0, 0.1) is 11.6 Å². The Balaban J connectivity index is 0.000000172. The highest BCUT2D eigenvalue weighted by Gasteiger charge is 2.26. The molecular weight excluding hydrogens is 794 g/mol. The minimum absolute atomic E-state index is 0.0422. The Morgan fingerprint density at radius 2 is 1.14 bits per heavy atom. The van der Waals surface area contributed by atoms with E-state index in [0.717, 1.165) is 58.5 Å². The van der Waals surface area contributed by atoms with E-state index in [4.69, 9.17) is 32.8 Å². The first kappa shape index (κ1) is 38.1. The molecule has 0 aliphatic carbocycles. The fraction of sp³-hybridized carbons (Fsp3) is 0.237. The van der Waals surface area contributed by atoms with Crippen LogP contribution in [-0.2, 0) is 4.79 Å². The van der Waals surface area contributed by atoms with Crippen molar-refractivity contribution in [3.05, 3.63) is 89.5 Å². The Kier molecular flexibility index (Phi) is 11.2. The van der Waals surface area contributed by atoms with Crippen LogP contribution in [0.2, 0.25) is 5.02 Å². The van der Waals surface area contributed by atoms with Gasteiger partial charge in [0.25, 0.3) is 5.91 Å². The summed E-state index contributed by atoms with van der Waals surface area (Å²) < 4.78 is 32.0. The van der Waals surface area contributed by atoms with Crippen molar-refractivity contribution in [3.63, 3.8) is 0 Å². The lowest BCUT2D eigenvalue weighted by Gasteiger charge is -2.35. The van der Waals surface area contributed by atoms with Gasteiger partial charge >= 0.3 is 0 Å². The van der Waals surface area contributed by atoms with E-state index in [2.05, 4.69) is 40.0 Å². The van der Waals surface area contributed by atoms with Crippen molar-refractivity contribution >= 4 is 84.4 Å². The van der Waals surface area contributed by atoms with Crippen molar-refractivity contribution in [2.24, 2.45) is 0 Å². The summed E-state index contributed by atoms with van der Waals surface area (Å²) in [7, 11) is 0. The second-order valence-electron chi connectivity index (χ2n) is 13.0. The molecule has 2 fully saturated rings. The standard InChI is InChI=1S/C23H20ClFN6O2S.C15H15FN6S/c24-15-3-7-17(8-4-15)33-13-18(32)30-9-11-31(12-10-30)20-19-22(29-23(26)28-20)34-21(27-19)14-1-5-16(25)6-2-14;16-10-3-1-9(2-4-10)13-19-11-12(22-7-5-18-6-8-22)20-15(17)21-14(11)23-13/h1-8H,9-13H2,(H2,26,28,29);1-4,18H,5-8H2,(H2,17,20,21). The number of fused-ring (bicyclic) bond motifs is 2. The zero-order valence-electron chi connectivity index (χ0n) is 30.2. The van der Waals surface area contributed by atoms with Crippen LogP contribution in [0.4, 0.5) is 32.3 Å². The number of anilines is 4. The van der Waals surface area contributed by atoms with Crippen LogP contribution in [0.15, 0.2) is 72.8 Å². The number of nitrogens with one attached hydrogen (secondary N) is 1. The predicted molar refractivity (Wildman–Crippen MR) is 221 cm³/mol. The number of benzene rings is 3. The SMILES string of the molecule is Nc1nc(N2CCN(C(=O)COc3ccc(Cl)cc3)CC2)c2nc(-c3ccc(F)cc3)sc2n1.Nc1nc(N2CCNCC2)c2nc(-c3ccc(F)cc3)sc2n1. The molecule has 7 aromatic rings. The Hall–Kier alpha value is -5.82. The Labute approximate surface area is 338 Å². The molecule has 57 heavy (non-hydrogen) atoms. The van der Waals surface area contributed by atoms with E-state index < -0.39 is 0 Å². The number of piperazine rings is 2. The summed E-state index contributed by atoms with van der Waals surface area (Å²) in [5, 5.41) is 5.42. The Morgan fingerprint density at radius 3 is 1.63 bits per heavy atom. The first-order valence-electron chi connectivity index (χ1n) is 17.9. The van der Waals surface area contributed by atoms with Crippen LogP contribution in [0.1, 0.15) is 0 Å². The number of thiazole rings is 2. The molecule has 2 aliphatic rings. The van der Waals surface area contributed by atoms with Gasteiger partial charge in [0.2, 0.25) is 11.9 Å². The maximum Gasteiger partial charge on any atom is 0.260 e. The summed E-state index contributed by atoms with van der Waals surface area (Å²) in [6.07, 6.45) is 0. The quantitative estimate of drug-likeness (QED) is 0.178. The van der Waals surface area contributed by atoms with Crippen molar-refractivity contribution in [2.45, 2.75) is 0 Å². The lowest BCUT2D eigenvalue weighted by atomic mass is 10.2. The summed E-state index contributed by atoms with van der Waals surface area (Å²) >= 11 is 8.70. The smallest absolute Gasteiger partial charge is 0.260 e. The molecule has 3 aromatic carbocycles. The molecule has 0 radical (unpaired) electrons. The molecule has 6 heterocycles. The van der Waals surface area contributed by atoms with Crippen molar-refractivity contribution in [2.75, 3.05) is 80.2 Å². The number of carbonyl (C=O) groups is 1. The Morgan fingerprint density at radius 1 is 0.667 bits per heavy atom. The van der Waals surface area contributed by atoms with Crippen LogP contribution < -0.4 is 31.3 Å². The number of carbonyl (C=O) groups excluding carboxylic acids is 1. The lowest BCUT2D eigenvalue weighted by Crippen LogP contribution is -2.50. The minimum atomic E-state index is -0.305. The van der Waals surface area contributed by atoms with Gasteiger partial charge in [-0.15, -0.1) is 0 Å². The average molecular weight is 829 g/mol. The fourth-order valence-electron chi connectivity index (χ4n) is 6.33. The molecule has 0 saturated carbocycles. The molecule has 0 spiro atoms. The second kappa shape index (κ2) is 16.7. The number of nitrogens with two attached hydrogens (primary N) is 2. The van der Waals surface area contributed by atoms with Crippen molar-refractivity contribution in [3.8, 4) is 26.9 Å². The van der Waals surface area contributed by atoms with E-state index in [9.17, 15) is 13.6 Å². The summed E-state index contributed by atoms with van der Waals surface area (Å²) in [5.41, 5.74) is 14.9. The van der Waals surface area contributed by atoms with Crippen LogP contribution in [0.3, 0.4) is 0 Å². The largest absolute Gasteiger partial charge is 0.484 e. The first-order valence-corrected chi connectivity index (χ1v) is 19.9. The third-order valence-electron chi connectivity index (χ3n) is 9.22. The van der Waals surface area contributed by atoms with Crippen molar-refractivity contribution < 1.29 is 18.3 Å². The van der Waals surface area contributed by atoms with Gasteiger partial charge in [0.05, 0.1) is 0 Å².